The van der Waals surface area contributed by atoms with E-state index in [2.05, 4.69) is 25.5 Å². The van der Waals surface area contributed by atoms with E-state index in [9.17, 15) is 24.6 Å². The van der Waals surface area contributed by atoms with Crippen molar-refractivity contribution in [3.05, 3.63) is 68.3 Å². The van der Waals surface area contributed by atoms with Gasteiger partial charge in [0.15, 0.2) is 0 Å². The van der Waals surface area contributed by atoms with Gasteiger partial charge in [0.05, 0.1) is 57.2 Å². The summed E-state index contributed by atoms with van der Waals surface area (Å²) in [6.45, 7) is 0.964. The first kappa shape index (κ1) is 29.0. The van der Waals surface area contributed by atoms with E-state index in [0.29, 0.717) is 18.8 Å². The third-order valence-corrected chi connectivity index (χ3v) is 7.73. The highest BCUT2D eigenvalue weighted by atomic mass is 35.5. The molecule has 1 fully saturated rings. The number of likely N-dealkylation sites (tertiary alicyclic amines) is 1. The molecular formula is C27H24Cl2N8O5. The van der Waals surface area contributed by atoms with E-state index in [1.165, 1.54) is 17.0 Å². The van der Waals surface area contributed by atoms with Gasteiger partial charge in [0.2, 0.25) is 6.19 Å². The van der Waals surface area contributed by atoms with Gasteiger partial charge in [-0.25, -0.2) is 9.78 Å². The fourth-order valence-corrected chi connectivity index (χ4v) is 5.59. The summed E-state index contributed by atoms with van der Waals surface area (Å²) in [7, 11) is 0. The number of aliphatic imine (C=N–C) groups is 1. The lowest BCUT2D eigenvalue weighted by molar-refractivity contribution is -0.139. The number of aliphatic hydroxyl groups excluding tert-OH is 1. The second kappa shape index (κ2) is 12.2. The van der Waals surface area contributed by atoms with Crippen LogP contribution in [-0.4, -0.2) is 77.8 Å². The first-order valence-electron chi connectivity index (χ1n) is 12.9. The fourth-order valence-electron chi connectivity index (χ4n) is 4.91. The number of aliphatic hydroxyl groups is 1. The number of aromatic nitrogens is 4. The molecule has 5 rings (SSSR count). The molecule has 13 nitrogen and oxygen atoms in total. The largest absolute Gasteiger partial charge is 0.480 e. The zero-order chi connectivity index (χ0) is 30.0. The van der Waals surface area contributed by atoms with Crippen molar-refractivity contribution in [2.75, 3.05) is 13.1 Å². The average Bonchev–Trinajstić information content (AvgIpc) is 3.60. The van der Waals surface area contributed by atoms with Crippen molar-refractivity contribution in [3.63, 3.8) is 0 Å². The van der Waals surface area contributed by atoms with E-state index >= 15 is 0 Å². The molecule has 3 heterocycles. The average molecular weight is 611 g/mol. The van der Waals surface area contributed by atoms with Crippen LogP contribution in [0.25, 0.3) is 21.8 Å². The molecule has 1 aliphatic heterocycles. The number of carboxylic acid groups (broad SMARTS) is 1. The van der Waals surface area contributed by atoms with Crippen LogP contribution in [0.3, 0.4) is 0 Å². The Balaban J connectivity index is 1.36. The number of carbonyl (C=O) groups excluding carboxylic acids is 1. The van der Waals surface area contributed by atoms with Crippen molar-refractivity contribution in [1.82, 2.24) is 30.0 Å². The van der Waals surface area contributed by atoms with Gasteiger partial charge in [-0.2, -0.15) is 15.4 Å². The van der Waals surface area contributed by atoms with Gasteiger partial charge in [-0.05, 0) is 30.5 Å². The third-order valence-electron chi connectivity index (χ3n) is 7.06. The zero-order valence-corrected chi connectivity index (χ0v) is 23.4. The van der Waals surface area contributed by atoms with Gasteiger partial charge in [-0.15, -0.1) is 0 Å². The second-order valence-corrected chi connectivity index (χ2v) is 10.6. The molecule has 2 aromatic heterocycles. The van der Waals surface area contributed by atoms with Crippen LogP contribution in [-0.2, 0) is 11.3 Å². The molecular weight excluding hydrogens is 587 g/mol. The van der Waals surface area contributed by atoms with Gasteiger partial charge in [0.1, 0.15) is 11.9 Å². The SMILES string of the molecule is N#C/N=C(\CC[C@H](NC(=O)c1c(Cl)cc2c(=O)n(Cc3ccc4cn[nH]c4c3)cnc2c1Cl)C(=O)O)N1CC[C@H](O)C1. The van der Waals surface area contributed by atoms with Crippen LogP contribution in [0.2, 0.25) is 10.0 Å². The fraction of sp³-hybridized carbons (Fsp3) is 0.296. The molecule has 0 aliphatic carbocycles. The van der Waals surface area contributed by atoms with E-state index < -0.39 is 29.6 Å². The Kier molecular flexibility index (Phi) is 8.39. The summed E-state index contributed by atoms with van der Waals surface area (Å²) in [5.74, 6) is -1.86. The number of hydrogen-bond acceptors (Lipinski definition) is 8. The van der Waals surface area contributed by atoms with Crippen molar-refractivity contribution >= 4 is 62.7 Å². The monoisotopic (exact) mass is 610 g/mol. The maximum Gasteiger partial charge on any atom is 0.326 e. The number of hydrogen-bond donors (Lipinski definition) is 4. The van der Waals surface area contributed by atoms with Gasteiger partial charge in [0.25, 0.3) is 11.5 Å². The Morgan fingerprint density at radius 2 is 2.12 bits per heavy atom. The molecule has 15 heteroatoms. The minimum absolute atomic E-state index is 0.0411. The van der Waals surface area contributed by atoms with Crippen LogP contribution in [0.5, 0.6) is 0 Å². The minimum Gasteiger partial charge on any atom is -0.480 e. The van der Waals surface area contributed by atoms with Crippen LogP contribution in [0.15, 0.2) is 46.6 Å². The number of nitrogens with zero attached hydrogens (tertiary/aromatic N) is 6. The van der Waals surface area contributed by atoms with Gasteiger partial charge in [-0.1, -0.05) is 35.3 Å². The maximum absolute atomic E-state index is 13.3. The number of halogens is 2. The molecule has 0 saturated carbocycles. The minimum atomic E-state index is -1.37. The van der Waals surface area contributed by atoms with Crippen molar-refractivity contribution < 1.29 is 19.8 Å². The number of H-pyrrole nitrogens is 1. The molecule has 42 heavy (non-hydrogen) atoms. The van der Waals surface area contributed by atoms with Crippen molar-refractivity contribution in [3.8, 4) is 6.19 Å². The number of nitrogens with one attached hydrogen (secondary N) is 2. The number of nitriles is 1. The Morgan fingerprint density at radius 1 is 1.31 bits per heavy atom. The lowest BCUT2D eigenvalue weighted by Gasteiger charge is -2.21. The number of benzene rings is 2. The topological polar surface area (TPSA) is 190 Å². The first-order chi connectivity index (χ1) is 20.2. The predicted octanol–water partition coefficient (Wildman–Crippen LogP) is 2.54. The molecule has 216 valence electrons. The van der Waals surface area contributed by atoms with E-state index in [-0.39, 0.29) is 52.4 Å². The molecule has 0 bridgehead atoms. The standard InChI is InChI=1S/C27H24Cl2N8O5/c28-18-8-17-24(32-13-37(26(17)40)10-14-1-2-15-9-33-35-20(15)7-14)23(29)22(18)25(39)34-19(27(41)42)3-4-21(31-12-30)36-6-5-16(38)11-36/h1-2,7-9,13,16,19,38H,3-6,10-11H2,(H,33,35)(H,34,39)(H,41,42)/b31-21+/t16-,19-/m0/s1. The summed E-state index contributed by atoms with van der Waals surface area (Å²) >= 11 is 12.9. The number of aromatic amines is 1. The number of carbonyl (C=O) groups is 2. The molecule has 2 atom stereocenters. The van der Waals surface area contributed by atoms with Crippen LogP contribution < -0.4 is 10.9 Å². The van der Waals surface area contributed by atoms with Gasteiger partial charge < -0.3 is 20.4 Å². The van der Waals surface area contributed by atoms with E-state index in [1.807, 2.05) is 18.2 Å². The highest BCUT2D eigenvalue weighted by Crippen LogP contribution is 2.31. The van der Waals surface area contributed by atoms with Crippen molar-refractivity contribution in [2.24, 2.45) is 4.99 Å². The van der Waals surface area contributed by atoms with Crippen molar-refractivity contribution in [2.45, 2.75) is 38.0 Å². The summed E-state index contributed by atoms with van der Waals surface area (Å²) in [6.07, 6.45) is 4.61. The molecule has 0 radical (unpaired) electrons. The Hall–Kier alpha value is -4.51. The number of rotatable bonds is 8. The number of amides is 1. The lowest BCUT2D eigenvalue weighted by Crippen LogP contribution is -2.42. The van der Waals surface area contributed by atoms with E-state index in [4.69, 9.17) is 28.5 Å². The molecule has 4 N–H and O–H groups in total. The number of carboxylic acids is 1. The molecule has 1 aliphatic rings. The maximum atomic E-state index is 13.3. The first-order valence-corrected chi connectivity index (χ1v) is 13.6. The molecule has 0 spiro atoms. The summed E-state index contributed by atoms with van der Waals surface area (Å²) in [6, 6.07) is 5.53. The summed E-state index contributed by atoms with van der Waals surface area (Å²) in [5, 5.41) is 38.6. The van der Waals surface area contributed by atoms with Gasteiger partial charge in [0, 0.05) is 24.9 Å². The Morgan fingerprint density at radius 3 is 2.83 bits per heavy atom. The normalized spacial score (nSPS) is 16.1. The number of aliphatic carboxylic acids is 1. The highest BCUT2D eigenvalue weighted by molar-refractivity contribution is 6.43. The lowest BCUT2D eigenvalue weighted by atomic mass is 10.1. The van der Waals surface area contributed by atoms with E-state index in [1.54, 1.807) is 17.3 Å². The summed E-state index contributed by atoms with van der Waals surface area (Å²) < 4.78 is 1.38. The Bertz CT molecular complexity index is 1830. The van der Waals surface area contributed by atoms with Gasteiger partial charge in [-0.3, -0.25) is 19.3 Å². The molecule has 1 saturated heterocycles. The zero-order valence-electron chi connectivity index (χ0n) is 21.9. The number of fused-ring (bicyclic) bond motifs is 2. The van der Waals surface area contributed by atoms with E-state index in [0.717, 1.165) is 16.5 Å². The van der Waals surface area contributed by atoms with Gasteiger partial charge >= 0.3 is 5.97 Å². The summed E-state index contributed by atoms with van der Waals surface area (Å²) in [5.41, 5.74) is 1.03. The molecule has 1 amide bonds. The second-order valence-electron chi connectivity index (χ2n) is 9.83. The highest BCUT2D eigenvalue weighted by Gasteiger charge is 2.28. The predicted molar refractivity (Wildman–Crippen MR) is 155 cm³/mol. The van der Waals surface area contributed by atoms with Crippen LogP contribution in [0, 0.1) is 11.5 Å². The third kappa shape index (κ3) is 5.91. The quantitative estimate of drug-likeness (QED) is 0.132. The number of β-amino-alcohol motifs (C(OH)–C–C–N with tert-alkyl or cyclic N) is 1. The number of amidine groups is 1. The summed E-state index contributed by atoms with van der Waals surface area (Å²) in [4.78, 5) is 48.2. The van der Waals surface area contributed by atoms with Crippen LogP contribution in [0.4, 0.5) is 0 Å². The smallest absolute Gasteiger partial charge is 0.326 e. The van der Waals surface area contributed by atoms with Crippen LogP contribution >= 0.6 is 23.2 Å². The Labute approximate surface area is 248 Å². The van der Waals surface area contributed by atoms with Crippen molar-refractivity contribution in [1.29, 1.82) is 5.26 Å². The molecule has 4 aromatic rings. The van der Waals surface area contributed by atoms with Crippen LogP contribution in [0.1, 0.15) is 35.2 Å². The molecule has 2 aromatic carbocycles. The molecule has 0 unspecified atom stereocenters.